The Morgan fingerprint density at radius 1 is 0.867 bits per heavy atom. The molecule has 0 amide bonds. The van der Waals surface area contributed by atoms with Gasteiger partial charge in [0.2, 0.25) is 0 Å². The Kier molecular flexibility index (Phi) is 2.80. The van der Waals surface area contributed by atoms with Crippen molar-refractivity contribution in [1.29, 1.82) is 0 Å². The molecule has 0 aliphatic rings. The molecule has 1 heterocycles. The van der Waals surface area contributed by atoms with Crippen molar-refractivity contribution in [3.05, 3.63) is 48.5 Å². The second-order valence-electron chi connectivity index (χ2n) is 3.04. The van der Waals surface area contributed by atoms with Gasteiger partial charge in [0.05, 0.1) is 0 Å². The molecule has 0 unspecified atom stereocenters. The van der Waals surface area contributed by atoms with Crippen LogP contribution < -0.4 is 16.6 Å². The first-order chi connectivity index (χ1) is 7.38. The maximum Gasteiger partial charge on any atom is 0.142 e. The highest BCUT2D eigenvalue weighted by molar-refractivity contribution is 5.57. The van der Waals surface area contributed by atoms with E-state index in [0.717, 1.165) is 11.5 Å². The van der Waals surface area contributed by atoms with E-state index < -0.39 is 0 Å². The fourth-order valence-electron chi connectivity index (χ4n) is 1.25. The van der Waals surface area contributed by atoms with Gasteiger partial charge in [-0.1, -0.05) is 24.3 Å². The average Bonchev–Trinajstić information content (AvgIpc) is 2.31. The van der Waals surface area contributed by atoms with Crippen LogP contribution in [0.3, 0.4) is 0 Å². The number of hydrazine groups is 1. The molecule has 1 aromatic heterocycles. The summed E-state index contributed by atoms with van der Waals surface area (Å²) in [5.74, 6) is 6.67. The summed E-state index contributed by atoms with van der Waals surface area (Å²) in [5, 5.41) is 3.17. The number of nitrogens with zero attached hydrogens (tertiary/aromatic N) is 1. The van der Waals surface area contributed by atoms with Crippen molar-refractivity contribution in [1.82, 2.24) is 4.98 Å². The summed E-state index contributed by atoms with van der Waals surface area (Å²) in [6, 6.07) is 15.4. The van der Waals surface area contributed by atoms with E-state index in [1.54, 1.807) is 6.07 Å². The van der Waals surface area contributed by atoms with Crippen molar-refractivity contribution >= 4 is 17.3 Å². The molecule has 0 aliphatic carbocycles. The predicted octanol–water partition coefficient (Wildman–Crippen LogP) is 2.11. The largest absolute Gasteiger partial charge is 0.340 e. The number of nitrogens with two attached hydrogens (primary N) is 1. The maximum absolute atomic E-state index is 5.27. The number of hydrogen-bond acceptors (Lipinski definition) is 4. The topological polar surface area (TPSA) is 63.0 Å². The van der Waals surface area contributed by atoms with Crippen molar-refractivity contribution < 1.29 is 0 Å². The molecule has 0 atom stereocenters. The summed E-state index contributed by atoms with van der Waals surface area (Å²) in [7, 11) is 0. The molecule has 2 aromatic rings. The molecule has 1 aromatic carbocycles. The lowest BCUT2D eigenvalue weighted by atomic mass is 10.3. The fraction of sp³-hybridized carbons (Fsp3) is 0. The van der Waals surface area contributed by atoms with Crippen molar-refractivity contribution in [2.45, 2.75) is 0 Å². The molecule has 76 valence electrons. The quantitative estimate of drug-likeness (QED) is 0.524. The molecule has 0 fully saturated rings. The number of rotatable bonds is 3. The number of nitrogens with one attached hydrogen (secondary N) is 2. The standard InChI is InChI=1S/C11H12N4/c12-15-11-8-4-7-10(14-11)13-9-5-2-1-3-6-9/h1-8H,12H2,(H2,13,14,15). The van der Waals surface area contributed by atoms with E-state index in [1.165, 1.54) is 0 Å². The minimum atomic E-state index is 0.635. The van der Waals surface area contributed by atoms with E-state index in [2.05, 4.69) is 15.7 Å². The van der Waals surface area contributed by atoms with E-state index in [9.17, 15) is 0 Å². The van der Waals surface area contributed by atoms with E-state index in [4.69, 9.17) is 5.84 Å². The van der Waals surface area contributed by atoms with Crippen LogP contribution >= 0.6 is 0 Å². The monoisotopic (exact) mass is 200 g/mol. The van der Waals surface area contributed by atoms with Crippen LogP contribution in [-0.4, -0.2) is 4.98 Å². The van der Waals surface area contributed by atoms with Crippen molar-refractivity contribution in [3.63, 3.8) is 0 Å². The van der Waals surface area contributed by atoms with Gasteiger partial charge in [-0.2, -0.15) is 0 Å². The Hall–Kier alpha value is -2.07. The number of benzene rings is 1. The molecular formula is C11H12N4. The lowest BCUT2D eigenvalue weighted by Crippen LogP contribution is -2.08. The molecular weight excluding hydrogens is 188 g/mol. The summed E-state index contributed by atoms with van der Waals surface area (Å²) in [6.07, 6.45) is 0. The van der Waals surface area contributed by atoms with E-state index in [0.29, 0.717) is 5.82 Å². The third-order valence-electron chi connectivity index (χ3n) is 1.94. The van der Waals surface area contributed by atoms with Crippen molar-refractivity contribution in [2.24, 2.45) is 5.84 Å². The van der Waals surface area contributed by atoms with Gasteiger partial charge in [-0.3, -0.25) is 0 Å². The highest BCUT2D eigenvalue weighted by Crippen LogP contribution is 2.14. The molecule has 0 spiro atoms. The summed E-state index contributed by atoms with van der Waals surface area (Å²) in [5.41, 5.74) is 3.50. The fourth-order valence-corrected chi connectivity index (χ4v) is 1.25. The summed E-state index contributed by atoms with van der Waals surface area (Å²) < 4.78 is 0. The van der Waals surface area contributed by atoms with Crippen LogP contribution in [0.15, 0.2) is 48.5 Å². The smallest absolute Gasteiger partial charge is 0.142 e. The zero-order valence-electron chi connectivity index (χ0n) is 8.14. The molecule has 4 nitrogen and oxygen atoms in total. The van der Waals surface area contributed by atoms with Crippen LogP contribution in [0.1, 0.15) is 0 Å². The Morgan fingerprint density at radius 2 is 1.60 bits per heavy atom. The summed E-state index contributed by atoms with van der Waals surface area (Å²) >= 11 is 0. The number of para-hydroxylation sites is 1. The van der Waals surface area contributed by atoms with Gasteiger partial charge >= 0.3 is 0 Å². The Balaban J connectivity index is 2.17. The lowest BCUT2D eigenvalue weighted by Gasteiger charge is -2.06. The van der Waals surface area contributed by atoms with Gasteiger partial charge in [0.1, 0.15) is 11.6 Å². The second-order valence-corrected chi connectivity index (χ2v) is 3.04. The minimum absolute atomic E-state index is 0.635. The van der Waals surface area contributed by atoms with Crippen molar-refractivity contribution in [2.75, 3.05) is 10.7 Å². The highest BCUT2D eigenvalue weighted by Gasteiger charge is 1.95. The SMILES string of the molecule is NNc1cccc(Nc2ccccc2)n1. The Bertz CT molecular complexity index is 428. The zero-order chi connectivity index (χ0) is 10.5. The van der Waals surface area contributed by atoms with Gasteiger partial charge in [0.25, 0.3) is 0 Å². The summed E-state index contributed by atoms with van der Waals surface area (Å²) in [6.45, 7) is 0. The molecule has 0 saturated carbocycles. The third-order valence-corrected chi connectivity index (χ3v) is 1.94. The molecule has 4 heteroatoms. The van der Waals surface area contributed by atoms with Gasteiger partial charge < -0.3 is 10.7 Å². The number of aromatic nitrogens is 1. The molecule has 0 aliphatic heterocycles. The molecule has 4 N–H and O–H groups in total. The molecule has 0 radical (unpaired) electrons. The lowest BCUT2D eigenvalue weighted by molar-refractivity contribution is 1.22. The van der Waals surface area contributed by atoms with Crippen LogP contribution in [-0.2, 0) is 0 Å². The highest BCUT2D eigenvalue weighted by atomic mass is 15.3. The zero-order valence-corrected chi connectivity index (χ0v) is 8.14. The van der Waals surface area contributed by atoms with Gasteiger partial charge in [0.15, 0.2) is 0 Å². The average molecular weight is 200 g/mol. The van der Waals surface area contributed by atoms with Crippen LogP contribution in [0, 0.1) is 0 Å². The van der Waals surface area contributed by atoms with E-state index in [1.807, 2.05) is 42.5 Å². The first-order valence-corrected chi connectivity index (χ1v) is 4.64. The van der Waals surface area contributed by atoms with Crippen LogP contribution in [0.2, 0.25) is 0 Å². The Morgan fingerprint density at radius 3 is 2.33 bits per heavy atom. The molecule has 2 rings (SSSR count). The second kappa shape index (κ2) is 4.43. The maximum atomic E-state index is 5.27. The number of hydrogen-bond donors (Lipinski definition) is 3. The first kappa shape index (κ1) is 9.48. The summed E-state index contributed by atoms with van der Waals surface area (Å²) in [4.78, 5) is 4.24. The number of pyridine rings is 1. The number of anilines is 3. The van der Waals surface area contributed by atoms with E-state index >= 15 is 0 Å². The van der Waals surface area contributed by atoms with Gasteiger partial charge in [-0.25, -0.2) is 10.8 Å². The molecule has 0 bridgehead atoms. The third kappa shape index (κ3) is 2.45. The minimum Gasteiger partial charge on any atom is -0.340 e. The predicted molar refractivity (Wildman–Crippen MR) is 61.8 cm³/mol. The number of nitrogen functional groups attached to an aromatic ring is 1. The first-order valence-electron chi connectivity index (χ1n) is 4.64. The Labute approximate surface area is 88.1 Å². The van der Waals surface area contributed by atoms with E-state index in [-0.39, 0.29) is 0 Å². The molecule has 0 saturated heterocycles. The van der Waals surface area contributed by atoms with Gasteiger partial charge in [-0.05, 0) is 24.3 Å². The van der Waals surface area contributed by atoms with Gasteiger partial charge in [0, 0.05) is 5.69 Å². The molecule has 15 heavy (non-hydrogen) atoms. The van der Waals surface area contributed by atoms with Crippen LogP contribution in [0.25, 0.3) is 0 Å². The van der Waals surface area contributed by atoms with Crippen molar-refractivity contribution in [3.8, 4) is 0 Å². The normalized spacial score (nSPS) is 9.67. The van der Waals surface area contributed by atoms with Crippen LogP contribution in [0.5, 0.6) is 0 Å². The van der Waals surface area contributed by atoms with Crippen LogP contribution in [0.4, 0.5) is 17.3 Å². The van der Waals surface area contributed by atoms with Gasteiger partial charge in [-0.15, -0.1) is 0 Å².